The number of nitrogens with zero attached hydrogens (tertiary/aromatic N) is 1. The van der Waals surface area contributed by atoms with Crippen LogP contribution in [0.25, 0.3) is 0 Å². The zero-order valence-electron chi connectivity index (χ0n) is 15.5. The topological polar surface area (TPSA) is 75.7 Å². The number of carbonyl (C=O) groups excluding carboxylic acids is 3. The standard InChI is InChI=1S/C21H21ClN2O4/c1-14(15-4-8-17(22)9-5-15)23-19(25)13-28-21(27)16-6-10-18(11-7-16)24-12-2-3-20(24)26/h4-11,14H,2-3,12-13H2,1H3,(H,23,25)/t14-/m0/s1. The summed E-state index contributed by atoms with van der Waals surface area (Å²) in [6.45, 7) is 2.15. The molecular formula is C21H21ClN2O4. The Balaban J connectivity index is 1.49. The summed E-state index contributed by atoms with van der Waals surface area (Å²) in [6, 6.07) is 13.5. The van der Waals surface area contributed by atoms with Crippen molar-refractivity contribution in [3.8, 4) is 0 Å². The number of amides is 2. The van der Waals surface area contributed by atoms with Crippen molar-refractivity contribution < 1.29 is 19.1 Å². The third kappa shape index (κ3) is 4.89. The molecule has 6 nitrogen and oxygen atoms in total. The van der Waals surface area contributed by atoms with Crippen LogP contribution in [0.15, 0.2) is 48.5 Å². The second-order valence-electron chi connectivity index (χ2n) is 6.61. The van der Waals surface area contributed by atoms with Gasteiger partial charge in [-0.2, -0.15) is 0 Å². The van der Waals surface area contributed by atoms with Gasteiger partial charge in [-0.25, -0.2) is 4.79 Å². The van der Waals surface area contributed by atoms with Crippen LogP contribution in [-0.2, 0) is 14.3 Å². The van der Waals surface area contributed by atoms with Crippen molar-refractivity contribution in [1.29, 1.82) is 0 Å². The molecule has 0 spiro atoms. The quantitative estimate of drug-likeness (QED) is 0.753. The van der Waals surface area contributed by atoms with Gasteiger partial charge in [-0.15, -0.1) is 0 Å². The summed E-state index contributed by atoms with van der Waals surface area (Å²) >= 11 is 5.85. The molecule has 2 aromatic rings. The van der Waals surface area contributed by atoms with Gasteiger partial charge in [-0.3, -0.25) is 9.59 Å². The Morgan fingerprint density at radius 2 is 1.82 bits per heavy atom. The van der Waals surface area contributed by atoms with Gasteiger partial charge in [-0.05, 0) is 55.3 Å². The predicted octanol–water partition coefficient (Wildman–Crippen LogP) is 3.50. The number of esters is 1. The third-order valence-electron chi connectivity index (χ3n) is 4.57. The fraction of sp³-hybridized carbons (Fsp3) is 0.286. The molecule has 0 aliphatic carbocycles. The summed E-state index contributed by atoms with van der Waals surface area (Å²) in [6.07, 6.45) is 1.39. The SMILES string of the molecule is C[C@H](NC(=O)COC(=O)c1ccc(N2CCCC2=O)cc1)c1ccc(Cl)cc1. The fourth-order valence-corrected chi connectivity index (χ4v) is 3.16. The Hall–Kier alpha value is -2.86. The van der Waals surface area contributed by atoms with E-state index in [4.69, 9.17) is 16.3 Å². The minimum atomic E-state index is -0.589. The van der Waals surface area contributed by atoms with Crippen LogP contribution in [-0.4, -0.2) is 30.9 Å². The number of hydrogen-bond acceptors (Lipinski definition) is 4. The van der Waals surface area contributed by atoms with Crippen LogP contribution < -0.4 is 10.2 Å². The summed E-state index contributed by atoms with van der Waals surface area (Å²) < 4.78 is 5.08. The minimum Gasteiger partial charge on any atom is -0.452 e. The molecule has 1 atom stereocenters. The molecule has 0 unspecified atom stereocenters. The second kappa shape index (κ2) is 8.89. The van der Waals surface area contributed by atoms with Crippen molar-refractivity contribution in [2.45, 2.75) is 25.8 Å². The normalized spacial score (nSPS) is 14.6. The molecular weight excluding hydrogens is 380 g/mol. The van der Waals surface area contributed by atoms with Gasteiger partial charge in [0.2, 0.25) is 5.91 Å². The maximum atomic E-state index is 12.1. The van der Waals surface area contributed by atoms with Gasteiger partial charge < -0.3 is 15.0 Å². The lowest BCUT2D eigenvalue weighted by Crippen LogP contribution is -2.31. The molecule has 1 heterocycles. The zero-order valence-corrected chi connectivity index (χ0v) is 16.2. The van der Waals surface area contributed by atoms with Gasteiger partial charge in [-0.1, -0.05) is 23.7 Å². The average Bonchev–Trinajstić information content (AvgIpc) is 3.12. The van der Waals surface area contributed by atoms with Crippen LogP contribution >= 0.6 is 11.6 Å². The van der Waals surface area contributed by atoms with Gasteiger partial charge in [0.15, 0.2) is 6.61 Å². The van der Waals surface area contributed by atoms with Crippen molar-refractivity contribution in [1.82, 2.24) is 5.32 Å². The molecule has 2 aromatic carbocycles. The maximum Gasteiger partial charge on any atom is 0.338 e. The lowest BCUT2D eigenvalue weighted by Gasteiger charge is -2.16. The first kappa shape index (κ1) is 19.9. The maximum absolute atomic E-state index is 12.1. The highest BCUT2D eigenvalue weighted by Crippen LogP contribution is 2.22. The molecule has 1 saturated heterocycles. The average molecular weight is 401 g/mol. The van der Waals surface area contributed by atoms with E-state index in [1.54, 1.807) is 41.3 Å². The Labute approximate surface area is 168 Å². The van der Waals surface area contributed by atoms with Gasteiger partial charge in [0, 0.05) is 23.7 Å². The number of carbonyl (C=O) groups is 3. The number of benzene rings is 2. The van der Waals surface area contributed by atoms with Crippen LogP contribution in [0.3, 0.4) is 0 Å². The largest absolute Gasteiger partial charge is 0.452 e. The molecule has 0 bridgehead atoms. The minimum absolute atomic E-state index is 0.0850. The van der Waals surface area contributed by atoms with E-state index in [0.29, 0.717) is 23.6 Å². The monoisotopic (exact) mass is 400 g/mol. The summed E-state index contributed by atoms with van der Waals surface area (Å²) in [7, 11) is 0. The molecule has 7 heteroatoms. The van der Waals surface area contributed by atoms with Crippen molar-refractivity contribution in [3.63, 3.8) is 0 Å². The number of nitrogens with one attached hydrogen (secondary N) is 1. The number of halogens is 1. The number of hydrogen-bond donors (Lipinski definition) is 1. The van der Waals surface area contributed by atoms with E-state index >= 15 is 0 Å². The van der Waals surface area contributed by atoms with E-state index in [2.05, 4.69) is 5.32 Å². The molecule has 1 aliphatic rings. The van der Waals surface area contributed by atoms with Gasteiger partial charge in [0.05, 0.1) is 11.6 Å². The molecule has 0 aromatic heterocycles. The number of rotatable bonds is 6. The van der Waals surface area contributed by atoms with Gasteiger partial charge >= 0.3 is 5.97 Å². The summed E-state index contributed by atoms with van der Waals surface area (Å²) in [5.74, 6) is -0.898. The van der Waals surface area contributed by atoms with Crippen molar-refractivity contribution >= 4 is 35.1 Å². The Kier molecular flexibility index (Phi) is 6.31. The van der Waals surface area contributed by atoms with Crippen molar-refractivity contribution in [3.05, 3.63) is 64.7 Å². The molecule has 146 valence electrons. The highest BCUT2D eigenvalue weighted by atomic mass is 35.5. The molecule has 1 aliphatic heterocycles. The van der Waals surface area contributed by atoms with E-state index < -0.39 is 11.9 Å². The molecule has 1 fully saturated rings. The molecule has 2 amide bonds. The summed E-state index contributed by atoms with van der Waals surface area (Å²) in [4.78, 5) is 37.6. The predicted molar refractivity (Wildman–Crippen MR) is 106 cm³/mol. The van der Waals surface area contributed by atoms with E-state index in [0.717, 1.165) is 17.7 Å². The first-order valence-corrected chi connectivity index (χ1v) is 9.44. The fourth-order valence-electron chi connectivity index (χ4n) is 3.03. The highest BCUT2D eigenvalue weighted by Gasteiger charge is 2.22. The molecule has 28 heavy (non-hydrogen) atoms. The van der Waals surface area contributed by atoms with Crippen molar-refractivity contribution in [2.24, 2.45) is 0 Å². The number of ether oxygens (including phenoxy) is 1. The smallest absolute Gasteiger partial charge is 0.338 e. The van der Waals surface area contributed by atoms with Crippen LogP contribution in [0.2, 0.25) is 5.02 Å². The molecule has 3 rings (SSSR count). The van der Waals surface area contributed by atoms with Crippen LogP contribution in [0.4, 0.5) is 5.69 Å². The van der Waals surface area contributed by atoms with Crippen LogP contribution in [0.5, 0.6) is 0 Å². The molecule has 0 radical (unpaired) electrons. The second-order valence-corrected chi connectivity index (χ2v) is 7.05. The van der Waals surface area contributed by atoms with E-state index in [1.807, 2.05) is 19.1 Å². The van der Waals surface area contributed by atoms with Crippen molar-refractivity contribution in [2.75, 3.05) is 18.1 Å². The summed E-state index contributed by atoms with van der Waals surface area (Å²) in [5, 5.41) is 3.39. The van der Waals surface area contributed by atoms with Crippen LogP contribution in [0.1, 0.15) is 41.7 Å². The van der Waals surface area contributed by atoms with Gasteiger partial charge in [0.1, 0.15) is 0 Å². The zero-order chi connectivity index (χ0) is 20.1. The summed E-state index contributed by atoms with van der Waals surface area (Å²) in [5.41, 5.74) is 1.98. The first-order chi connectivity index (χ1) is 13.4. The van der Waals surface area contributed by atoms with E-state index in [-0.39, 0.29) is 18.6 Å². The highest BCUT2D eigenvalue weighted by molar-refractivity contribution is 6.30. The van der Waals surface area contributed by atoms with E-state index in [1.165, 1.54) is 0 Å². The van der Waals surface area contributed by atoms with Crippen LogP contribution in [0, 0.1) is 0 Å². The molecule has 0 saturated carbocycles. The Morgan fingerprint density at radius 3 is 2.43 bits per heavy atom. The lowest BCUT2D eigenvalue weighted by molar-refractivity contribution is -0.124. The number of anilines is 1. The lowest BCUT2D eigenvalue weighted by atomic mass is 10.1. The Bertz CT molecular complexity index is 865. The molecule has 1 N–H and O–H groups in total. The third-order valence-corrected chi connectivity index (χ3v) is 4.82. The first-order valence-electron chi connectivity index (χ1n) is 9.06. The van der Waals surface area contributed by atoms with Gasteiger partial charge in [0.25, 0.3) is 5.91 Å². The Morgan fingerprint density at radius 1 is 1.14 bits per heavy atom. The van der Waals surface area contributed by atoms with E-state index in [9.17, 15) is 14.4 Å².